The zero-order valence-electron chi connectivity index (χ0n) is 11.6. The van der Waals surface area contributed by atoms with Crippen molar-refractivity contribution in [3.8, 4) is 0 Å². The number of aryl methyl sites for hydroxylation is 1. The largest absolute Gasteiger partial charge is 0.361 e. The highest BCUT2D eigenvalue weighted by Gasteiger charge is 2.23. The molecule has 2 N–H and O–H groups in total. The second kappa shape index (κ2) is 7.05. The minimum absolute atomic E-state index is 0.561. The molecule has 2 amide bonds. The van der Waals surface area contributed by atoms with E-state index in [2.05, 4.69) is 29.2 Å². The van der Waals surface area contributed by atoms with E-state index in [0.29, 0.717) is 13.1 Å². The van der Waals surface area contributed by atoms with Crippen LogP contribution in [0.1, 0.15) is 12.0 Å². The van der Waals surface area contributed by atoms with Gasteiger partial charge >= 0.3 is 11.8 Å². The molecule has 0 atom stereocenters. The Balaban J connectivity index is 1.67. The number of carbonyl (C=O) groups is 2. The summed E-state index contributed by atoms with van der Waals surface area (Å²) in [7, 11) is 0. The zero-order chi connectivity index (χ0) is 14.4. The molecule has 5 heteroatoms. The molecule has 5 nitrogen and oxygen atoms in total. The van der Waals surface area contributed by atoms with E-state index in [-0.39, 0.29) is 0 Å². The minimum atomic E-state index is -0.859. The summed E-state index contributed by atoms with van der Waals surface area (Å²) < 4.78 is 0. The maximum Gasteiger partial charge on any atom is 0.311 e. The molecule has 1 aromatic carbocycles. The molecule has 1 saturated heterocycles. The van der Waals surface area contributed by atoms with E-state index >= 15 is 0 Å². The molecule has 1 fully saturated rings. The summed E-state index contributed by atoms with van der Waals surface area (Å²) in [6.07, 6.45) is 2.18. The maximum absolute atomic E-state index is 11.4. The van der Waals surface area contributed by atoms with Gasteiger partial charge in [-0.25, -0.2) is 0 Å². The Hall–Kier alpha value is -1.88. The van der Waals surface area contributed by atoms with Crippen LogP contribution in [0.15, 0.2) is 30.3 Å². The van der Waals surface area contributed by atoms with Gasteiger partial charge in [0.05, 0.1) is 0 Å². The molecular weight excluding hydrogens is 254 g/mol. The third kappa shape index (κ3) is 4.06. The van der Waals surface area contributed by atoms with Gasteiger partial charge in [-0.1, -0.05) is 30.3 Å². The van der Waals surface area contributed by atoms with Crippen molar-refractivity contribution in [2.24, 2.45) is 5.73 Å². The second-order valence-electron chi connectivity index (χ2n) is 5.09. The zero-order valence-corrected chi connectivity index (χ0v) is 11.6. The molecule has 108 valence electrons. The van der Waals surface area contributed by atoms with Crippen LogP contribution in [0.5, 0.6) is 0 Å². The van der Waals surface area contributed by atoms with Crippen molar-refractivity contribution in [2.45, 2.75) is 12.8 Å². The van der Waals surface area contributed by atoms with Gasteiger partial charge in [-0.3, -0.25) is 14.5 Å². The number of primary amides is 1. The lowest BCUT2D eigenvalue weighted by Crippen LogP contribution is -2.51. The maximum atomic E-state index is 11.4. The minimum Gasteiger partial charge on any atom is -0.361 e. The number of nitrogens with two attached hydrogens (primary N) is 1. The first kappa shape index (κ1) is 14.5. The van der Waals surface area contributed by atoms with Crippen LogP contribution in [0, 0.1) is 0 Å². The van der Waals surface area contributed by atoms with E-state index in [1.807, 2.05) is 6.07 Å². The van der Waals surface area contributed by atoms with Crippen LogP contribution >= 0.6 is 0 Å². The lowest BCUT2D eigenvalue weighted by atomic mass is 10.1. The van der Waals surface area contributed by atoms with Gasteiger partial charge in [0.1, 0.15) is 0 Å². The van der Waals surface area contributed by atoms with Gasteiger partial charge in [-0.15, -0.1) is 0 Å². The van der Waals surface area contributed by atoms with E-state index in [1.54, 1.807) is 0 Å². The average Bonchev–Trinajstić information content (AvgIpc) is 2.48. The Morgan fingerprint density at radius 3 is 2.30 bits per heavy atom. The summed E-state index contributed by atoms with van der Waals surface area (Å²) in [6, 6.07) is 10.4. The number of nitrogens with zero attached hydrogens (tertiary/aromatic N) is 2. The Labute approximate surface area is 119 Å². The van der Waals surface area contributed by atoms with E-state index in [9.17, 15) is 9.59 Å². The number of hydrogen-bond acceptors (Lipinski definition) is 3. The Morgan fingerprint density at radius 1 is 1.05 bits per heavy atom. The van der Waals surface area contributed by atoms with Crippen LogP contribution in [0.2, 0.25) is 0 Å². The van der Waals surface area contributed by atoms with Gasteiger partial charge in [-0.05, 0) is 24.9 Å². The van der Waals surface area contributed by atoms with Gasteiger partial charge in [0, 0.05) is 26.2 Å². The monoisotopic (exact) mass is 275 g/mol. The summed E-state index contributed by atoms with van der Waals surface area (Å²) in [5.41, 5.74) is 6.36. The normalized spacial score (nSPS) is 16.1. The fraction of sp³-hybridized carbons (Fsp3) is 0.467. The second-order valence-corrected chi connectivity index (χ2v) is 5.09. The standard InChI is InChI=1S/C15H21N3O2/c16-14(19)15(20)18-11-9-17(10-12-18)8-4-7-13-5-2-1-3-6-13/h1-3,5-6H,4,7-12H2,(H2,16,19). The number of amides is 2. The van der Waals surface area contributed by atoms with Crippen LogP contribution < -0.4 is 5.73 Å². The van der Waals surface area contributed by atoms with Crippen molar-refractivity contribution >= 4 is 11.8 Å². The van der Waals surface area contributed by atoms with Crippen LogP contribution in [0.25, 0.3) is 0 Å². The van der Waals surface area contributed by atoms with Crippen molar-refractivity contribution < 1.29 is 9.59 Å². The lowest BCUT2D eigenvalue weighted by Gasteiger charge is -2.34. The summed E-state index contributed by atoms with van der Waals surface area (Å²) in [6.45, 7) is 3.83. The number of carbonyl (C=O) groups excluding carboxylic acids is 2. The molecule has 0 aliphatic carbocycles. The van der Waals surface area contributed by atoms with E-state index in [0.717, 1.165) is 32.5 Å². The van der Waals surface area contributed by atoms with Gasteiger partial charge in [-0.2, -0.15) is 0 Å². The molecule has 2 rings (SSSR count). The number of hydrogen-bond donors (Lipinski definition) is 1. The van der Waals surface area contributed by atoms with Crippen molar-refractivity contribution in [3.63, 3.8) is 0 Å². The van der Waals surface area contributed by atoms with E-state index in [4.69, 9.17) is 5.73 Å². The molecular formula is C15H21N3O2. The first-order valence-electron chi connectivity index (χ1n) is 7.02. The summed E-state index contributed by atoms with van der Waals surface area (Å²) in [5, 5.41) is 0. The fourth-order valence-electron chi connectivity index (χ4n) is 2.48. The molecule has 20 heavy (non-hydrogen) atoms. The van der Waals surface area contributed by atoms with Crippen molar-refractivity contribution in [2.75, 3.05) is 32.7 Å². The van der Waals surface area contributed by atoms with Crippen LogP contribution in [-0.2, 0) is 16.0 Å². The number of piperazine rings is 1. The van der Waals surface area contributed by atoms with Crippen LogP contribution in [-0.4, -0.2) is 54.3 Å². The van der Waals surface area contributed by atoms with Crippen molar-refractivity contribution in [1.82, 2.24) is 9.80 Å². The van der Waals surface area contributed by atoms with Crippen LogP contribution in [0.4, 0.5) is 0 Å². The molecule has 0 spiro atoms. The van der Waals surface area contributed by atoms with Gasteiger partial charge in [0.2, 0.25) is 0 Å². The number of rotatable bonds is 4. The first-order valence-corrected chi connectivity index (χ1v) is 7.02. The third-order valence-electron chi connectivity index (χ3n) is 3.65. The molecule has 0 radical (unpaired) electrons. The van der Waals surface area contributed by atoms with Crippen molar-refractivity contribution in [1.29, 1.82) is 0 Å². The molecule has 1 aromatic rings. The Morgan fingerprint density at radius 2 is 1.70 bits per heavy atom. The van der Waals surface area contributed by atoms with Gasteiger partial charge in [0.15, 0.2) is 0 Å². The predicted molar refractivity (Wildman–Crippen MR) is 77.0 cm³/mol. The molecule has 0 bridgehead atoms. The highest BCUT2D eigenvalue weighted by Crippen LogP contribution is 2.06. The quantitative estimate of drug-likeness (QED) is 0.801. The Kier molecular flexibility index (Phi) is 5.12. The third-order valence-corrected chi connectivity index (χ3v) is 3.65. The van der Waals surface area contributed by atoms with Gasteiger partial charge in [0.25, 0.3) is 0 Å². The molecule has 1 aliphatic heterocycles. The summed E-state index contributed by atoms with van der Waals surface area (Å²) in [4.78, 5) is 26.1. The van der Waals surface area contributed by atoms with E-state index < -0.39 is 11.8 Å². The van der Waals surface area contributed by atoms with Gasteiger partial charge < -0.3 is 10.6 Å². The van der Waals surface area contributed by atoms with Crippen molar-refractivity contribution in [3.05, 3.63) is 35.9 Å². The molecule has 0 unspecified atom stereocenters. The smallest absolute Gasteiger partial charge is 0.311 e. The molecule has 0 saturated carbocycles. The summed E-state index contributed by atoms with van der Waals surface area (Å²) in [5.74, 6) is -1.42. The first-order chi connectivity index (χ1) is 9.66. The highest BCUT2D eigenvalue weighted by atomic mass is 16.2. The highest BCUT2D eigenvalue weighted by molar-refractivity contribution is 6.34. The average molecular weight is 275 g/mol. The van der Waals surface area contributed by atoms with E-state index in [1.165, 1.54) is 10.5 Å². The topological polar surface area (TPSA) is 66.6 Å². The molecule has 1 heterocycles. The SMILES string of the molecule is NC(=O)C(=O)N1CCN(CCCc2ccccc2)CC1. The predicted octanol–water partition coefficient (Wildman–Crippen LogP) is 0.249. The molecule has 1 aliphatic rings. The number of benzene rings is 1. The Bertz CT molecular complexity index is 453. The fourth-order valence-corrected chi connectivity index (χ4v) is 2.48. The summed E-state index contributed by atoms with van der Waals surface area (Å²) >= 11 is 0. The molecule has 0 aromatic heterocycles. The lowest BCUT2D eigenvalue weighted by molar-refractivity contribution is -0.145. The van der Waals surface area contributed by atoms with Crippen LogP contribution in [0.3, 0.4) is 0 Å².